The summed E-state index contributed by atoms with van der Waals surface area (Å²) in [6.07, 6.45) is 3.01. The van der Waals surface area contributed by atoms with Crippen molar-refractivity contribution in [2.24, 2.45) is 0 Å². The van der Waals surface area contributed by atoms with Crippen LogP contribution in [0.3, 0.4) is 0 Å². The van der Waals surface area contributed by atoms with Crippen molar-refractivity contribution in [3.8, 4) is 0 Å². The van der Waals surface area contributed by atoms with E-state index in [4.69, 9.17) is 0 Å². The van der Waals surface area contributed by atoms with E-state index in [9.17, 15) is 10.3 Å². The maximum Gasteiger partial charge on any atom is 0.222 e. The summed E-state index contributed by atoms with van der Waals surface area (Å²) in [6, 6.07) is 22.4. The summed E-state index contributed by atoms with van der Waals surface area (Å²) in [5.74, 6) is 0. The monoisotopic (exact) mass is 278 g/mol. The number of hydrogen-bond acceptors (Lipinski definition) is 2. The third-order valence-electron chi connectivity index (χ3n) is 3.61. The fourth-order valence-electron chi connectivity index (χ4n) is 2.52. The SMILES string of the molecule is O[n+]1ccc(C(O)(c2ccccc2)c2ccccc2)cc1. The number of nitrogens with zero attached hydrogens (tertiary/aromatic N) is 1. The normalized spacial score (nSPS) is 11.3. The molecule has 0 saturated carbocycles. The smallest absolute Gasteiger partial charge is 0.222 e. The molecule has 0 atom stereocenters. The highest BCUT2D eigenvalue weighted by Gasteiger charge is 2.34. The number of pyridine rings is 1. The molecular weight excluding hydrogens is 262 g/mol. The second kappa shape index (κ2) is 5.38. The predicted molar refractivity (Wildman–Crippen MR) is 78.8 cm³/mol. The van der Waals surface area contributed by atoms with Crippen molar-refractivity contribution in [2.45, 2.75) is 5.60 Å². The largest absolute Gasteiger partial charge is 0.376 e. The molecule has 1 aromatic heterocycles. The van der Waals surface area contributed by atoms with Crippen LogP contribution >= 0.6 is 0 Å². The summed E-state index contributed by atoms with van der Waals surface area (Å²) < 4.78 is 0.958. The number of rotatable bonds is 3. The minimum absolute atomic E-state index is 0.699. The van der Waals surface area contributed by atoms with Gasteiger partial charge < -0.3 is 5.11 Å². The maximum atomic E-state index is 11.4. The third-order valence-corrected chi connectivity index (χ3v) is 3.61. The molecule has 2 aromatic carbocycles. The molecule has 0 unspecified atom stereocenters. The number of aliphatic hydroxyl groups is 1. The maximum absolute atomic E-state index is 11.4. The highest BCUT2D eigenvalue weighted by molar-refractivity contribution is 5.45. The molecule has 0 spiro atoms. The highest BCUT2D eigenvalue weighted by atomic mass is 16.5. The van der Waals surface area contributed by atoms with Crippen LogP contribution in [-0.4, -0.2) is 10.3 Å². The van der Waals surface area contributed by atoms with E-state index < -0.39 is 5.60 Å². The average Bonchev–Trinajstić information content (AvgIpc) is 2.56. The van der Waals surface area contributed by atoms with Crippen LogP contribution in [0.2, 0.25) is 0 Å². The van der Waals surface area contributed by atoms with E-state index in [0.29, 0.717) is 5.56 Å². The molecular formula is C18H16NO2+. The second-order valence-electron chi connectivity index (χ2n) is 4.91. The van der Waals surface area contributed by atoms with Gasteiger partial charge in [-0.2, -0.15) is 0 Å². The van der Waals surface area contributed by atoms with Crippen LogP contribution in [0.25, 0.3) is 0 Å². The van der Waals surface area contributed by atoms with Crippen molar-refractivity contribution in [3.05, 3.63) is 102 Å². The van der Waals surface area contributed by atoms with Gasteiger partial charge in [-0.05, 0) is 11.1 Å². The van der Waals surface area contributed by atoms with E-state index >= 15 is 0 Å². The Balaban J connectivity index is 2.23. The van der Waals surface area contributed by atoms with E-state index in [1.807, 2.05) is 60.7 Å². The quantitative estimate of drug-likeness (QED) is 0.571. The zero-order valence-electron chi connectivity index (χ0n) is 11.4. The Labute approximate surface area is 123 Å². The summed E-state index contributed by atoms with van der Waals surface area (Å²) in [7, 11) is 0. The van der Waals surface area contributed by atoms with Crippen molar-refractivity contribution in [2.75, 3.05) is 0 Å². The van der Waals surface area contributed by atoms with E-state index in [-0.39, 0.29) is 0 Å². The molecule has 0 saturated heterocycles. The highest BCUT2D eigenvalue weighted by Crippen LogP contribution is 2.35. The van der Waals surface area contributed by atoms with Gasteiger partial charge in [0, 0.05) is 22.4 Å². The minimum Gasteiger partial charge on any atom is -0.376 e. The Hall–Kier alpha value is -2.65. The van der Waals surface area contributed by atoms with E-state index in [0.717, 1.165) is 15.9 Å². The molecule has 104 valence electrons. The van der Waals surface area contributed by atoms with Crippen LogP contribution in [0.15, 0.2) is 85.2 Å². The van der Waals surface area contributed by atoms with Crippen LogP contribution in [0.5, 0.6) is 0 Å². The zero-order chi connectivity index (χ0) is 14.7. The Morgan fingerprint density at radius 1 is 0.619 bits per heavy atom. The van der Waals surface area contributed by atoms with Gasteiger partial charge in [0.05, 0.1) is 0 Å². The summed E-state index contributed by atoms with van der Waals surface area (Å²) >= 11 is 0. The lowest BCUT2D eigenvalue weighted by Gasteiger charge is -2.29. The van der Waals surface area contributed by atoms with Gasteiger partial charge in [-0.3, -0.25) is 5.21 Å². The number of benzene rings is 2. The third kappa shape index (κ3) is 2.39. The Kier molecular flexibility index (Phi) is 3.42. The van der Waals surface area contributed by atoms with Gasteiger partial charge in [-0.1, -0.05) is 60.7 Å². The summed E-state index contributed by atoms with van der Waals surface area (Å²) in [5, 5.41) is 20.8. The standard InChI is InChI=1S/C18H16NO2/c20-18(15-7-3-1-4-8-15,16-9-5-2-6-10-16)17-11-13-19(21)14-12-17/h1-14,20-21H/q+1. The first-order chi connectivity index (χ1) is 10.2. The molecule has 2 N–H and O–H groups in total. The molecule has 3 nitrogen and oxygen atoms in total. The van der Waals surface area contributed by atoms with Crippen LogP contribution in [0, 0.1) is 0 Å². The van der Waals surface area contributed by atoms with Crippen molar-refractivity contribution in [3.63, 3.8) is 0 Å². The van der Waals surface area contributed by atoms with Gasteiger partial charge in [0.15, 0.2) is 0 Å². The van der Waals surface area contributed by atoms with Gasteiger partial charge in [-0.15, -0.1) is 0 Å². The first kappa shape index (κ1) is 13.3. The first-order valence-corrected chi connectivity index (χ1v) is 6.76. The van der Waals surface area contributed by atoms with Crippen LogP contribution in [0.4, 0.5) is 0 Å². The topological polar surface area (TPSA) is 44.3 Å². The van der Waals surface area contributed by atoms with Crippen molar-refractivity contribution in [1.82, 2.24) is 0 Å². The first-order valence-electron chi connectivity index (χ1n) is 6.76. The predicted octanol–water partition coefficient (Wildman–Crippen LogP) is 2.50. The Morgan fingerprint density at radius 2 is 1.00 bits per heavy atom. The average molecular weight is 278 g/mol. The number of aromatic nitrogens is 1. The van der Waals surface area contributed by atoms with E-state index in [1.165, 1.54) is 12.4 Å². The van der Waals surface area contributed by atoms with Gasteiger partial charge in [0.1, 0.15) is 5.60 Å². The molecule has 1 heterocycles. The second-order valence-corrected chi connectivity index (χ2v) is 4.91. The van der Waals surface area contributed by atoms with E-state index in [2.05, 4.69) is 0 Å². The van der Waals surface area contributed by atoms with Gasteiger partial charge >= 0.3 is 0 Å². The number of hydrogen-bond donors (Lipinski definition) is 2. The van der Waals surface area contributed by atoms with Crippen LogP contribution in [-0.2, 0) is 5.60 Å². The van der Waals surface area contributed by atoms with Gasteiger partial charge in [-0.25, -0.2) is 0 Å². The minimum atomic E-state index is -1.25. The lowest BCUT2D eigenvalue weighted by molar-refractivity contribution is -0.904. The summed E-state index contributed by atoms with van der Waals surface area (Å²) in [5.41, 5.74) is 1.01. The fraction of sp³-hybridized carbons (Fsp3) is 0.0556. The van der Waals surface area contributed by atoms with E-state index in [1.54, 1.807) is 12.1 Å². The van der Waals surface area contributed by atoms with Gasteiger partial charge in [0.25, 0.3) is 0 Å². The fourth-order valence-corrected chi connectivity index (χ4v) is 2.52. The molecule has 0 bridgehead atoms. The van der Waals surface area contributed by atoms with Crippen molar-refractivity contribution >= 4 is 0 Å². The molecule has 3 rings (SSSR count). The Bertz CT molecular complexity index is 670. The summed E-state index contributed by atoms with van der Waals surface area (Å²) in [4.78, 5) is 0. The lowest BCUT2D eigenvalue weighted by Crippen LogP contribution is -2.33. The molecule has 0 amide bonds. The van der Waals surface area contributed by atoms with Crippen LogP contribution in [0.1, 0.15) is 16.7 Å². The van der Waals surface area contributed by atoms with Crippen LogP contribution < -0.4 is 4.73 Å². The zero-order valence-corrected chi connectivity index (χ0v) is 11.4. The lowest BCUT2D eigenvalue weighted by atomic mass is 9.81. The molecule has 0 fully saturated rings. The molecule has 0 aliphatic rings. The molecule has 0 aliphatic heterocycles. The molecule has 3 heteroatoms. The van der Waals surface area contributed by atoms with Crippen molar-refractivity contribution < 1.29 is 15.0 Å². The molecule has 21 heavy (non-hydrogen) atoms. The van der Waals surface area contributed by atoms with Gasteiger partial charge in [0.2, 0.25) is 12.4 Å². The summed E-state index contributed by atoms with van der Waals surface area (Å²) in [6.45, 7) is 0. The Morgan fingerprint density at radius 3 is 1.43 bits per heavy atom. The van der Waals surface area contributed by atoms with Crippen molar-refractivity contribution in [1.29, 1.82) is 0 Å². The molecule has 0 radical (unpaired) electrons. The molecule has 3 aromatic rings. The molecule has 0 aliphatic carbocycles.